The van der Waals surface area contributed by atoms with E-state index in [9.17, 15) is 53.9 Å². The molecule has 340 valence electrons. The van der Waals surface area contributed by atoms with Crippen molar-refractivity contribution in [2.24, 2.45) is 0 Å². The minimum Gasteiger partial charge on any atom is -0.504 e. The number of methoxy groups -OCH3 is 2. The molecule has 5 aromatic rings. The van der Waals surface area contributed by atoms with E-state index in [0.29, 0.717) is 11.3 Å². The van der Waals surface area contributed by atoms with Crippen LogP contribution in [0.1, 0.15) is 60.3 Å². The molecule has 0 fully saturated rings. The Morgan fingerprint density at radius 1 is 0.682 bits per heavy atom. The maximum absolute atomic E-state index is 13.2. The van der Waals surface area contributed by atoms with Gasteiger partial charge in [-0.15, -0.1) is 0 Å². The van der Waals surface area contributed by atoms with Gasteiger partial charge in [0, 0.05) is 28.1 Å². The molecule has 0 aliphatic carbocycles. The van der Waals surface area contributed by atoms with Crippen molar-refractivity contribution in [3.05, 3.63) is 130 Å². The van der Waals surface area contributed by atoms with E-state index in [2.05, 4.69) is 31.1 Å². The van der Waals surface area contributed by atoms with Gasteiger partial charge in [0.15, 0.2) is 23.0 Å². The SMILES string of the molecule is COc1c(NC(=O)c2ccc(NC(=O)c3ccc(NC(=O)[C@H](CC#N)NC(=O)c4ccc(NC(=O)/C(C)=C/c5ccc(OP(=O)(O)O)cc5)cc4)cc3)c(OC)c2O)ccc(C(=O)O)c1O. The molecule has 0 heterocycles. The zero-order valence-electron chi connectivity index (χ0n) is 34.8. The van der Waals surface area contributed by atoms with Gasteiger partial charge in [0.1, 0.15) is 17.4 Å². The van der Waals surface area contributed by atoms with E-state index in [1.165, 1.54) is 104 Å². The van der Waals surface area contributed by atoms with Gasteiger partial charge in [-0.1, -0.05) is 12.1 Å². The minimum atomic E-state index is -4.72. The Morgan fingerprint density at radius 2 is 1.18 bits per heavy atom. The van der Waals surface area contributed by atoms with Crippen molar-refractivity contribution in [1.82, 2.24) is 5.32 Å². The molecular weight excluding hydrogens is 883 g/mol. The summed E-state index contributed by atoms with van der Waals surface area (Å²) in [5.41, 5.74) is 0.650. The zero-order valence-corrected chi connectivity index (χ0v) is 35.7. The van der Waals surface area contributed by atoms with Crippen molar-refractivity contribution in [3.63, 3.8) is 0 Å². The van der Waals surface area contributed by atoms with Crippen LogP contribution < -0.4 is 40.6 Å². The molecule has 5 rings (SSSR count). The van der Waals surface area contributed by atoms with E-state index >= 15 is 0 Å². The fourth-order valence-electron chi connectivity index (χ4n) is 5.98. The Balaban J connectivity index is 1.17. The maximum atomic E-state index is 13.2. The van der Waals surface area contributed by atoms with E-state index in [-0.39, 0.29) is 56.6 Å². The molecule has 0 spiro atoms. The number of nitrogens with zero attached hydrogens (tertiary/aromatic N) is 1. The number of nitriles is 1. The largest absolute Gasteiger partial charge is 0.524 e. The summed E-state index contributed by atoms with van der Waals surface area (Å²) in [7, 11) is -2.39. The monoisotopic (exact) mass is 922 g/mol. The molecule has 22 heteroatoms. The third-order valence-corrected chi connectivity index (χ3v) is 9.67. The van der Waals surface area contributed by atoms with Gasteiger partial charge in [-0.25, -0.2) is 9.36 Å². The van der Waals surface area contributed by atoms with E-state index in [1.807, 2.05) is 6.07 Å². The number of anilines is 4. The Hall–Kier alpha value is -8.70. The molecule has 0 aliphatic heterocycles. The number of hydrogen-bond acceptors (Lipinski definition) is 13. The average molecular weight is 923 g/mol. The van der Waals surface area contributed by atoms with Gasteiger partial charge in [0.2, 0.25) is 5.91 Å². The second-order valence-corrected chi connectivity index (χ2v) is 14.9. The lowest BCUT2D eigenvalue weighted by Crippen LogP contribution is -2.43. The number of amides is 5. The molecule has 66 heavy (non-hydrogen) atoms. The van der Waals surface area contributed by atoms with E-state index in [4.69, 9.17) is 19.3 Å². The quantitative estimate of drug-likeness (QED) is 0.0407. The number of ether oxygens (including phenoxy) is 2. The Labute approximate surface area is 374 Å². The van der Waals surface area contributed by atoms with Crippen LogP contribution in [0.2, 0.25) is 0 Å². The number of aromatic carboxylic acids is 1. The lowest BCUT2D eigenvalue weighted by molar-refractivity contribution is -0.118. The Morgan fingerprint density at radius 3 is 1.70 bits per heavy atom. The minimum absolute atomic E-state index is 0.0337. The highest BCUT2D eigenvalue weighted by molar-refractivity contribution is 7.46. The van der Waals surface area contributed by atoms with Crippen LogP contribution in [0, 0.1) is 11.3 Å². The number of phenols is 2. The third-order valence-electron chi connectivity index (χ3n) is 9.23. The van der Waals surface area contributed by atoms with Gasteiger partial charge >= 0.3 is 13.8 Å². The normalized spacial score (nSPS) is 11.5. The van der Waals surface area contributed by atoms with Gasteiger partial charge in [-0.05, 0) is 103 Å². The van der Waals surface area contributed by atoms with Crippen molar-refractivity contribution < 1.29 is 72.4 Å². The van der Waals surface area contributed by atoms with Crippen LogP contribution >= 0.6 is 7.82 Å². The van der Waals surface area contributed by atoms with Crippen LogP contribution in [0.3, 0.4) is 0 Å². The van der Waals surface area contributed by atoms with Crippen molar-refractivity contribution in [2.45, 2.75) is 19.4 Å². The molecule has 0 saturated carbocycles. The van der Waals surface area contributed by atoms with E-state index in [0.717, 1.165) is 13.2 Å². The Bertz CT molecular complexity index is 2820. The molecule has 0 aromatic heterocycles. The summed E-state index contributed by atoms with van der Waals surface area (Å²) in [6, 6.07) is 22.1. The van der Waals surface area contributed by atoms with Crippen LogP contribution in [0.25, 0.3) is 6.08 Å². The van der Waals surface area contributed by atoms with Crippen LogP contribution in [-0.2, 0) is 14.2 Å². The smallest absolute Gasteiger partial charge is 0.504 e. The number of rotatable bonds is 17. The molecule has 0 saturated heterocycles. The number of carbonyl (C=O) groups excluding carboxylic acids is 5. The van der Waals surface area contributed by atoms with Gasteiger partial charge < -0.3 is 55.9 Å². The second-order valence-electron chi connectivity index (χ2n) is 13.8. The number of carbonyl (C=O) groups is 6. The average Bonchev–Trinajstić information content (AvgIpc) is 3.26. The molecule has 1 atom stereocenters. The number of phosphoric acid groups is 1. The van der Waals surface area contributed by atoms with Gasteiger partial charge in [0.05, 0.1) is 43.6 Å². The van der Waals surface area contributed by atoms with Gasteiger partial charge in [-0.3, -0.25) is 33.8 Å². The highest BCUT2D eigenvalue weighted by Gasteiger charge is 2.25. The zero-order chi connectivity index (χ0) is 48.3. The number of benzene rings is 5. The summed E-state index contributed by atoms with van der Waals surface area (Å²) in [6.45, 7) is 1.55. The van der Waals surface area contributed by atoms with Gasteiger partial charge in [0.25, 0.3) is 23.6 Å². The first-order valence-electron chi connectivity index (χ1n) is 19.0. The van der Waals surface area contributed by atoms with E-state index in [1.54, 1.807) is 6.92 Å². The highest BCUT2D eigenvalue weighted by atomic mass is 31.2. The van der Waals surface area contributed by atoms with Gasteiger partial charge in [-0.2, -0.15) is 5.26 Å². The summed E-state index contributed by atoms with van der Waals surface area (Å²) in [4.78, 5) is 94.6. The summed E-state index contributed by atoms with van der Waals surface area (Å²) in [6.07, 6.45) is 1.14. The maximum Gasteiger partial charge on any atom is 0.524 e. The predicted molar refractivity (Wildman–Crippen MR) is 237 cm³/mol. The second kappa shape index (κ2) is 21.1. The Kier molecular flexibility index (Phi) is 15.5. The van der Waals surface area contributed by atoms with Crippen LogP contribution in [0.4, 0.5) is 22.7 Å². The van der Waals surface area contributed by atoms with Crippen molar-refractivity contribution in [3.8, 4) is 34.8 Å². The van der Waals surface area contributed by atoms with Crippen molar-refractivity contribution >= 4 is 72.2 Å². The summed E-state index contributed by atoms with van der Waals surface area (Å²) < 4.78 is 25.9. The number of carboxylic acid groups (broad SMARTS) is 1. The molecule has 5 amide bonds. The topological polar surface area (TPSA) is 332 Å². The highest BCUT2D eigenvalue weighted by Crippen LogP contribution is 2.41. The first-order valence-corrected chi connectivity index (χ1v) is 20.5. The number of hydrogen-bond donors (Lipinski definition) is 10. The molecule has 0 unspecified atom stereocenters. The molecule has 5 aromatic carbocycles. The fourth-order valence-corrected chi connectivity index (χ4v) is 6.38. The van der Waals surface area contributed by atoms with Crippen LogP contribution in [-0.4, -0.2) is 80.9 Å². The number of phenolic OH excluding ortho intramolecular Hbond substituents is 1. The lowest BCUT2D eigenvalue weighted by atomic mass is 10.1. The lowest BCUT2D eigenvalue weighted by Gasteiger charge is -2.17. The van der Waals surface area contributed by atoms with Crippen LogP contribution in [0.15, 0.2) is 103 Å². The molecule has 0 aliphatic rings. The number of nitrogens with one attached hydrogen (secondary N) is 5. The predicted octanol–water partition coefficient (Wildman–Crippen LogP) is 5.48. The molecule has 21 nitrogen and oxygen atoms in total. The molecule has 10 N–H and O–H groups in total. The molecule has 0 radical (unpaired) electrons. The summed E-state index contributed by atoms with van der Waals surface area (Å²) >= 11 is 0. The number of aromatic hydroxyl groups is 2. The van der Waals surface area contributed by atoms with Crippen molar-refractivity contribution in [1.29, 1.82) is 5.26 Å². The molecule has 0 bridgehead atoms. The summed E-state index contributed by atoms with van der Waals surface area (Å²) in [5, 5.41) is 52.6. The third kappa shape index (κ3) is 12.3. The standard InChI is InChI=1S/C44H39N6O15P/c1-23(22-24-4-14-29(15-5-24)65-66(60,61)62)39(53)46-27-10-6-26(7-11-27)41(55)50-34(20-21-45)43(57)47-28-12-8-25(9-13-28)40(54)48-32-18-16-30(35(51)37(32)63-2)42(56)49-33-19-17-31(44(58)59)36(52)38(33)64-3/h4-19,22,34,51-52H,20H2,1-3H3,(H,46,53)(H,47,57)(H,48,54)(H,49,56)(H,50,55)(H,58,59)(H2,60,61,62)/b23-22+/t34-/m0/s1. The molecular formula is C44H39N6O15P. The fraction of sp³-hybridized carbons (Fsp3) is 0.114. The number of phosphoric ester groups is 1. The van der Waals surface area contributed by atoms with E-state index < -0.39 is 72.9 Å². The number of carboxylic acids is 1. The van der Waals surface area contributed by atoms with Crippen LogP contribution in [0.5, 0.6) is 28.7 Å². The first kappa shape index (κ1) is 48.3. The summed E-state index contributed by atoms with van der Waals surface area (Å²) in [5.74, 6) is -7.01. The first-order chi connectivity index (χ1) is 31.3. The van der Waals surface area contributed by atoms with Crippen molar-refractivity contribution in [2.75, 3.05) is 35.5 Å².